The predicted octanol–water partition coefficient (Wildman–Crippen LogP) is -5.57. The summed E-state index contributed by atoms with van der Waals surface area (Å²) in [4.78, 5) is 21.4. The van der Waals surface area contributed by atoms with Crippen LogP contribution >= 0.6 is 0 Å². The van der Waals surface area contributed by atoms with Crippen molar-refractivity contribution in [3.05, 3.63) is 0 Å². The van der Waals surface area contributed by atoms with Crippen LogP contribution in [0.15, 0.2) is 0 Å². The summed E-state index contributed by atoms with van der Waals surface area (Å²) in [5.41, 5.74) is 0. The van der Waals surface area contributed by atoms with Gasteiger partial charge in [-0.2, -0.15) is 0 Å². The Kier molecular flexibility index (Phi) is 20.1. The van der Waals surface area contributed by atoms with E-state index in [4.69, 9.17) is 33.5 Å². The summed E-state index contributed by atoms with van der Waals surface area (Å²) in [6.07, 6.45) is -17.3. The second kappa shape index (κ2) is 22.5. The highest BCUT2D eigenvalue weighted by Crippen LogP contribution is 2.32. The van der Waals surface area contributed by atoms with E-state index in [1.807, 2.05) is 0 Å². The second-order valence-electron chi connectivity index (χ2n) is 12.5. The molecule has 3 aliphatic rings. The van der Waals surface area contributed by atoms with Gasteiger partial charge in [0.1, 0.15) is 48.5 Å². The van der Waals surface area contributed by atoms with Crippen molar-refractivity contribution in [3.8, 4) is 0 Å². The lowest BCUT2D eigenvalue weighted by atomic mass is 9.94. The maximum atomic E-state index is 10.7. The molecule has 0 aromatic rings. The van der Waals surface area contributed by atoms with Crippen LogP contribution in [-0.2, 0) is 42.7 Å². The molecular weight excluding hydrogens is 678 g/mol. The molecule has 0 aromatic carbocycles. The van der Waals surface area contributed by atoms with E-state index < -0.39 is 98.7 Å². The van der Waals surface area contributed by atoms with Crippen LogP contribution in [0, 0.1) is 11.8 Å². The molecule has 11 N–H and O–H groups in total. The molecule has 0 saturated carbocycles. The van der Waals surface area contributed by atoms with Gasteiger partial charge in [0.25, 0.3) is 6.47 Å². The molecule has 0 bridgehead atoms. The molecule has 20 nitrogen and oxygen atoms in total. The molecule has 0 radical (unpaired) electrons. The molecule has 0 spiro atoms. The third-order valence-electron chi connectivity index (χ3n) is 8.53. The van der Waals surface area contributed by atoms with Gasteiger partial charge in [0.05, 0.1) is 44.1 Å². The van der Waals surface area contributed by atoms with Crippen molar-refractivity contribution >= 4 is 12.3 Å². The zero-order valence-corrected chi connectivity index (χ0v) is 28.3. The lowest BCUT2D eigenvalue weighted by Crippen LogP contribution is -2.63. The quantitative estimate of drug-likeness (QED) is 0.0462. The first-order chi connectivity index (χ1) is 23.7. The fourth-order valence-corrected chi connectivity index (χ4v) is 5.32. The number of ether oxygens (including phenoxy) is 7. The molecule has 3 heterocycles. The van der Waals surface area contributed by atoms with Crippen LogP contribution in [0.3, 0.4) is 0 Å². The van der Waals surface area contributed by atoms with Gasteiger partial charge in [0.2, 0.25) is 6.29 Å². The Balaban J connectivity index is 0.000000432. The zero-order chi connectivity index (χ0) is 37.5. The van der Waals surface area contributed by atoms with Gasteiger partial charge < -0.3 is 94.3 Å². The number of rotatable bonds is 18. The van der Waals surface area contributed by atoms with Crippen LogP contribution in [-0.4, -0.2) is 196 Å². The Bertz CT molecular complexity index is 967. The van der Waals surface area contributed by atoms with Gasteiger partial charge in [-0.15, -0.1) is 0 Å². The van der Waals surface area contributed by atoms with Crippen LogP contribution in [0.1, 0.15) is 33.1 Å². The number of aliphatic hydroxyl groups excluding tert-OH is 10. The number of hydrogen-bond acceptors (Lipinski definition) is 20. The van der Waals surface area contributed by atoms with Gasteiger partial charge in [-0.25, -0.2) is 0 Å². The molecule has 0 aromatic heterocycles. The summed E-state index contributed by atoms with van der Waals surface area (Å²) in [5, 5.41) is 102. The van der Waals surface area contributed by atoms with E-state index in [1.165, 1.54) is 7.11 Å². The van der Waals surface area contributed by atoms with E-state index >= 15 is 0 Å². The van der Waals surface area contributed by atoms with Crippen molar-refractivity contribution in [1.29, 1.82) is 0 Å². The third-order valence-corrected chi connectivity index (χ3v) is 8.53. The fourth-order valence-electron chi connectivity index (χ4n) is 5.32. The van der Waals surface area contributed by atoms with Gasteiger partial charge in [-0.05, 0) is 26.3 Å². The molecule has 294 valence electrons. The van der Waals surface area contributed by atoms with Crippen LogP contribution in [0.5, 0.6) is 0 Å². The number of carbonyl (C=O) groups excluding carboxylic acids is 2. The van der Waals surface area contributed by atoms with Gasteiger partial charge in [0, 0.05) is 32.6 Å². The second-order valence-corrected chi connectivity index (χ2v) is 12.5. The number of methoxy groups -OCH3 is 1. The molecule has 3 fully saturated rings. The Morgan fingerprint density at radius 2 is 1.54 bits per heavy atom. The van der Waals surface area contributed by atoms with Crippen molar-refractivity contribution in [1.82, 2.24) is 5.32 Å². The summed E-state index contributed by atoms with van der Waals surface area (Å²) < 4.78 is 36.7. The van der Waals surface area contributed by atoms with E-state index in [0.717, 1.165) is 12.8 Å². The molecule has 8 unspecified atom stereocenters. The van der Waals surface area contributed by atoms with Gasteiger partial charge in [-0.3, -0.25) is 4.79 Å². The third kappa shape index (κ3) is 12.8. The minimum absolute atomic E-state index is 0.0199. The molecule has 50 heavy (non-hydrogen) atoms. The summed E-state index contributed by atoms with van der Waals surface area (Å²) in [7, 11) is 1.28. The smallest absolute Gasteiger partial charge is 0.295 e. The largest absolute Gasteiger partial charge is 0.437 e. The normalized spacial score (nSPS) is 37.9. The number of aliphatic hydroxyl groups is 10. The van der Waals surface area contributed by atoms with Crippen molar-refractivity contribution in [2.24, 2.45) is 11.8 Å². The van der Waals surface area contributed by atoms with E-state index in [1.54, 1.807) is 13.8 Å². The summed E-state index contributed by atoms with van der Waals surface area (Å²) in [5.74, 6) is -1.32. The first-order valence-corrected chi connectivity index (χ1v) is 16.4. The standard InChI is InChI=1S/C18H30O15.C12H25NO4/c1-27-16-13(26)11(24)8(4-29-16)31-18-14(10(23)7(21)3-28-18)32-17-12(25)9(22)6(2-19)15(33-17)30-5-20;1-9(8-14)12(17)11(16)7-13-6-4-3-5-10(2)15/h5-19,21-26H,2-4H2,1H3;9,11-14,16-17H,3-8H2,1-2H3/t6-,7+,8+,9-,10?,11-,12?,13?,14?,15?,16+,17-,18-;/m0./s1. The van der Waals surface area contributed by atoms with Crippen molar-refractivity contribution in [2.45, 2.75) is 119 Å². The monoisotopic (exact) mass is 733 g/mol. The van der Waals surface area contributed by atoms with Crippen molar-refractivity contribution in [3.63, 3.8) is 0 Å². The maximum absolute atomic E-state index is 10.7. The van der Waals surface area contributed by atoms with Crippen LogP contribution in [0.2, 0.25) is 0 Å². The minimum atomic E-state index is -1.76. The molecule has 3 aliphatic heterocycles. The molecule has 20 heteroatoms. The number of Topliss-reactive ketones (excluding diaryl/α,β-unsaturated/α-hetero) is 1. The van der Waals surface area contributed by atoms with E-state index in [-0.39, 0.29) is 38.0 Å². The minimum Gasteiger partial charge on any atom is -0.437 e. The Labute approximate surface area is 289 Å². The highest BCUT2D eigenvalue weighted by atomic mass is 16.8. The van der Waals surface area contributed by atoms with Crippen molar-refractivity contribution in [2.75, 3.05) is 46.6 Å². The van der Waals surface area contributed by atoms with Crippen LogP contribution in [0.25, 0.3) is 0 Å². The summed E-state index contributed by atoms with van der Waals surface area (Å²) in [6.45, 7) is 2.85. The van der Waals surface area contributed by atoms with E-state index in [2.05, 4.69) is 10.1 Å². The zero-order valence-electron chi connectivity index (χ0n) is 28.3. The van der Waals surface area contributed by atoms with Gasteiger partial charge in [0.15, 0.2) is 18.9 Å². The first kappa shape index (κ1) is 44.6. The van der Waals surface area contributed by atoms with Crippen molar-refractivity contribution < 1.29 is 93.8 Å². The average molecular weight is 734 g/mol. The van der Waals surface area contributed by atoms with Gasteiger partial charge >= 0.3 is 0 Å². The lowest BCUT2D eigenvalue weighted by Gasteiger charge is -2.46. The van der Waals surface area contributed by atoms with Crippen LogP contribution in [0.4, 0.5) is 0 Å². The van der Waals surface area contributed by atoms with E-state index in [9.17, 15) is 55.5 Å². The molecule has 3 saturated heterocycles. The Morgan fingerprint density at radius 1 is 0.880 bits per heavy atom. The number of carbonyl (C=O) groups is 2. The SMILES string of the molecule is CC(=O)CCCCNCC(O)C(O)C(C)CO.CO[C@@H]1OC[C@@H](O[C@@H]2OC[C@@H](O)C(O)C2O[C@H]2OC(OC=O)[C@@H](CO)[C@H](O)C2O)[C@H](O)C1O. The molecular formula is C30H55NO19. The van der Waals surface area contributed by atoms with Gasteiger partial charge in [-0.1, -0.05) is 6.92 Å². The van der Waals surface area contributed by atoms with Crippen LogP contribution < -0.4 is 5.32 Å². The summed E-state index contributed by atoms with van der Waals surface area (Å²) >= 11 is 0. The fraction of sp³-hybridized carbons (Fsp3) is 0.933. The molecule has 0 amide bonds. The summed E-state index contributed by atoms with van der Waals surface area (Å²) in [6, 6.07) is 0. The lowest BCUT2D eigenvalue weighted by molar-refractivity contribution is -0.382. The molecule has 0 aliphatic carbocycles. The maximum Gasteiger partial charge on any atom is 0.295 e. The van der Waals surface area contributed by atoms with E-state index in [0.29, 0.717) is 19.5 Å². The highest BCUT2D eigenvalue weighted by Gasteiger charge is 2.51. The topological polar surface area (TPSA) is 313 Å². The predicted molar refractivity (Wildman–Crippen MR) is 164 cm³/mol. The molecule has 3 rings (SSSR count). The Hall–Kier alpha value is -1.54. The highest BCUT2D eigenvalue weighted by molar-refractivity contribution is 5.75. The molecule has 16 atom stereocenters. The number of nitrogens with one attached hydrogen (secondary N) is 1. The number of unbranched alkanes of at least 4 members (excludes halogenated alkanes) is 1. The average Bonchev–Trinajstić information content (AvgIpc) is 3.09. The first-order valence-electron chi connectivity index (χ1n) is 16.4. The Morgan fingerprint density at radius 3 is 2.14 bits per heavy atom. The number of hydrogen-bond donors (Lipinski definition) is 11. The number of ketones is 1.